The van der Waals surface area contributed by atoms with Gasteiger partial charge in [-0.05, 0) is 12.5 Å². The molecular formula is C16H20N4. The number of hydrogen-bond donors (Lipinski definition) is 0. The minimum absolute atomic E-state index is 0.472. The molecule has 0 saturated carbocycles. The van der Waals surface area contributed by atoms with E-state index in [-0.39, 0.29) is 0 Å². The molecule has 4 heteroatoms. The van der Waals surface area contributed by atoms with Crippen molar-refractivity contribution in [2.24, 2.45) is 0 Å². The Bertz CT molecular complexity index is 521. The summed E-state index contributed by atoms with van der Waals surface area (Å²) in [5, 5.41) is 0. The predicted octanol–water partition coefficient (Wildman–Crippen LogP) is 2.36. The fraction of sp³-hybridized carbons (Fsp3) is 0.375. The summed E-state index contributed by atoms with van der Waals surface area (Å²) >= 11 is 0. The minimum atomic E-state index is 0.472. The van der Waals surface area contributed by atoms with E-state index in [0.29, 0.717) is 6.04 Å². The average Bonchev–Trinajstić information content (AvgIpc) is 2.56. The zero-order valence-corrected chi connectivity index (χ0v) is 11.8. The van der Waals surface area contributed by atoms with Crippen molar-refractivity contribution in [3.63, 3.8) is 0 Å². The molecule has 0 amide bonds. The Morgan fingerprint density at radius 1 is 1.00 bits per heavy atom. The molecule has 1 aromatic carbocycles. The monoisotopic (exact) mass is 268 g/mol. The summed E-state index contributed by atoms with van der Waals surface area (Å²) in [5.41, 5.74) is 1.39. The molecule has 1 aromatic heterocycles. The van der Waals surface area contributed by atoms with Gasteiger partial charge in [0.2, 0.25) is 0 Å². The first-order valence-electron chi connectivity index (χ1n) is 7.14. The molecule has 0 N–H and O–H groups in total. The zero-order valence-electron chi connectivity index (χ0n) is 11.8. The van der Waals surface area contributed by atoms with E-state index < -0.39 is 0 Å². The van der Waals surface area contributed by atoms with Gasteiger partial charge in [0, 0.05) is 44.6 Å². The van der Waals surface area contributed by atoms with Gasteiger partial charge in [-0.1, -0.05) is 30.3 Å². The molecule has 0 radical (unpaired) electrons. The minimum Gasteiger partial charge on any atom is -0.353 e. The molecule has 1 atom stereocenters. The van der Waals surface area contributed by atoms with Crippen LogP contribution in [0.15, 0.2) is 48.9 Å². The van der Waals surface area contributed by atoms with Crippen LogP contribution < -0.4 is 4.90 Å². The summed E-state index contributed by atoms with van der Waals surface area (Å²) in [4.78, 5) is 13.4. The molecule has 1 fully saturated rings. The lowest BCUT2D eigenvalue weighted by molar-refractivity contribution is 0.198. The summed E-state index contributed by atoms with van der Waals surface area (Å²) in [6.45, 7) is 6.43. The normalized spacial score (nSPS) is 17.9. The number of piperazine rings is 1. The Balaban J connectivity index is 1.61. The van der Waals surface area contributed by atoms with Crippen LogP contribution in [0, 0.1) is 0 Å². The third kappa shape index (κ3) is 2.80. The quantitative estimate of drug-likeness (QED) is 0.855. The van der Waals surface area contributed by atoms with Gasteiger partial charge in [-0.15, -0.1) is 0 Å². The molecule has 3 rings (SSSR count). The Kier molecular flexibility index (Phi) is 3.92. The number of rotatable bonds is 3. The maximum Gasteiger partial charge on any atom is 0.147 e. The number of anilines is 1. The Morgan fingerprint density at radius 2 is 1.75 bits per heavy atom. The first-order valence-corrected chi connectivity index (χ1v) is 7.14. The van der Waals surface area contributed by atoms with Gasteiger partial charge in [0.15, 0.2) is 0 Å². The highest BCUT2D eigenvalue weighted by Gasteiger charge is 2.22. The summed E-state index contributed by atoms with van der Waals surface area (Å²) in [5.74, 6) is 0.986. The highest BCUT2D eigenvalue weighted by molar-refractivity contribution is 5.35. The molecule has 104 valence electrons. The molecule has 0 aliphatic carbocycles. The summed E-state index contributed by atoms with van der Waals surface area (Å²) in [6, 6.07) is 11.2. The molecule has 4 nitrogen and oxygen atoms in total. The Morgan fingerprint density at radius 3 is 2.40 bits per heavy atom. The fourth-order valence-corrected chi connectivity index (χ4v) is 2.74. The third-order valence-electron chi connectivity index (χ3n) is 4.02. The van der Waals surface area contributed by atoms with E-state index in [1.165, 1.54) is 5.56 Å². The van der Waals surface area contributed by atoms with Crippen molar-refractivity contribution in [2.45, 2.75) is 13.0 Å². The molecule has 1 unspecified atom stereocenters. The maximum atomic E-state index is 4.38. The summed E-state index contributed by atoms with van der Waals surface area (Å²) in [7, 11) is 0. The van der Waals surface area contributed by atoms with Crippen molar-refractivity contribution >= 4 is 5.82 Å². The van der Waals surface area contributed by atoms with Crippen molar-refractivity contribution in [3.8, 4) is 0 Å². The van der Waals surface area contributed by atoms with Gasteiger partial charge in [-0.25, -0.2) is 4.98 Å². The van der Waals surface area contributed by atoms with E-state index in [9.17, 15) is 0 Å². The van der Waals surface area contributed by atoms with Gasteiger partial charge in [0.1, 0.15) is 5.82 Å². The van der Waals surface area contributed by atoms with Crippen LogP contribution >= 0.6 is 0 Å². The fourth-order valence-electron chi connectivity index (χ4n) is 2.74. The summed E-state index contributed by atoms with van der Waals surface area (Å²) in [6.07, 6.45) is 5.32. The second-order valence-electron chi connectivity index (χ2n) is 5.17. The summed E-state index contributed by atoms with van der Waals surface area (Å²) < 4.78 is 0. The topological polar surface area (TPSA) is 32.3 Å². The smallest absolute Gasteiger partial charge is 0.147 e. The second-order valence-corrected chi connectivity index (χ2v) is 5.17. The zero-order chi connectivity index (χ0) is 13.8. The van der Waals surface area contributed by atoms with Crippen molar-refractivity contribution in [1.29, 1.82) is 0 Å². The van der Waals surface area contributed by atoms with Gasteiger partial charge in [0.05, 0.1) is 6.20 Å². The largest absolute Gasteiger partial charge is 0.353 e. The lowest BCUT2D eigenvalue weighted by atomic mass is 10.1. The van der Waals surface area contributed by atoms with Gasteiger partial charge in [0.25, 0.3) is 0 Å². The van der Waals surface area contributed by atoms with Crippen LogP contribution in [0.5, 0.6) is 0 Å². The molecule has 1 aliphatic rings. The molecular weight excluding hydrogens is 248 g/mol. The molecule has 1 saturated heterocycles. The molecule has 2 aromatic rings. The van der Waals surface area contributed by atoms with Crippen molar-refractivity contribution in [3.05, 3.63) is 54.5 Å². The SMILES string of the molecule is CC(c1ccccc1)N1CCN(c2cnccn2)CC1. The number of nitrogens with zero attached hydrogens (tertiary/aromatic N) is 4. The number of hydrogen-bond acceptors (Lipinski definition) is 4. The Hall–Kier alpha value is -1.94. The van der Waals surface area contributed by atoms with E-state index in [2.05, 4.69) is 57.0 Å². The van der Waals surface area contributed by atoms with Crippen LogP contribution in [0.3, 0.4) is 0 Å². The van der Waals surface area contributed by atoms with Crippen LogP contribution in [0.4, 0.5) is 5.82 Å². The van der Waals surface area contributed by atoms with Gasteiger partial charge >= 0.3 is 0 Å². The maximum absolute atomic E-state index is 4.38. The first-order chi connectivity index (χ1) is 9.84. The predicted molar refractivity (Wildman–Crippen MR) is 80.7 cm³/mol. The van der Waals surface area contributed by atoms with Gasteiger partial charge in [-0.2, -0.15) is 0 Å². The number of benzene rings is 1. The lowest BCUT2D eigenvalue weighted by Crippen LogP contribution is -2.47. The van der Waals surface area contributed by atoms with Crippen molar-refractivity contribution < 1.29 is 0 Å². The first kappa shape index (κ1) is 13.1. The standard InChI is InChI=1S/C16H20N4/c1-14(15-5-3-2-4-6-15)19-9-11-20(12-10-19)16-13-17-7-8-18-16/h2-8,13-14H,9-12H2,1H3. The molecule has 0 bridgehead atoms. The second kappa shape index (κ2) is 6.01. The van der Waals surface area contributed by atoms with Crippen LogP contribution in [-0.4, -0.2) is 41.0 Å². The third-order valence-corrected chi connectivity index (χ3v) is 4.02. The van der Waals surface area contributed by atoms with Gasteiger partial charge < -0.3 is 4.90 Å². The van der Waals surface area contributed by atoms with Crippen LogP contribution in [0.1, 0.15) is 18.5 Å². The molecule has 2 heterocycles. The van der Waals surface area contributed by atoms with Crippen LogP contribution in [0.25, 0.3) is 0 Å². The molecule has 1 aliphatic heterocycles. The van der Waals surface area contributed by atoms with E-state index in [4.69, 9.17) is 0 Å². The van der Waals surface area contributed by atoms with E-state index in [0.717, 1.165) is 32.0 Å². The van der Waals surface area contributed by atoms with Crippen molar-refractivity contribution in [1.82, 2.24) is 14.9 Å². The molecule has 20 heavy (non-hydrogen) atoms. The van der Waals surface area contributed by atoms with Crippen molar-refractivity contribution in [2.75, 3.05) is 31.1 Å². The van der Waals surface area contributed by atoms with E-state index >= 15 is 0 Å². The highest BCUT2D eigenvalue weighted by Crippen LogP contribution is 2.22. The highest BCUT2D eigenvalue weighted by atomic mass is 15.3. The van der Waals surface area contributed by atoms with Crippen LogP contribution in [0.2, 0.25) is 0 Å². The Labute approximate surface area is 120 Å². The van der Waals surface area contributed by atoms with E-state index in [1.54, 1.807) is 12.4 Å². The van der Waals surface area contributed by atoms with E-state index in [1.807, 2.05) is 6.20 Å². The average molecular weight is 268 g/mol. The van der Waals surface area contributed by atoms with Gasteiger partial charge in [-0.3, -0.25) is 9.88 Å². The molecule has 0 spiro atoms. The lowest BCUT2D eigenvalue weighted by Gasteiger charge is -2.38. The van der Waals surface area contributed by atoms with Crippen LogP contribution in [-0.2, 0) is 0 Å². The number of aromatic nitrogens is 2.